The second kappa shape index (κ2) is 5.54. The molecule has 0 aliphatic heterocycles. The van der Waals surface area contributed by atoms with Gasteiger partial charge in [0, 0.05) is 18.3 Å². The summed E-state index contributed by atoms with van der Waals surface area (Å²) in [7, 11) is -7.75. The first kappa shape index (κ1) is 17.3. The average Bonchev–Trinajstić information content (AvgIpc) is 1.93. The predicted octanol–water partition coefficient (Wildman–Crippen LogP) is -0.106. The van der Waals surface area contributed by atoms with Gasteiger partial charge in [0.1, 0.15) is 0 Å². The monoisotopic (exact) mass is 301 g/mol. The van der Waals surface area contributed by atoms with Gasteiger partial charge in [0.05, 0.1) is 6.42 Å². The Morgan fingerprint density at radius 1 is 1.17 bits per heavy atom. The van der Waals surface area contributed by atoms with E-state index in [4.69, 9.17) is 5.11 Å². The minimum absolute atomic E-state index is 0.253. The number of nitrogens with zero attached hydrogens (tertiary/aromatic N) is 1. The fraction of sp³-hybridized carbons (Fsp3) is 0.889. The summed E-state index contributed by atoms with van der Waals surface area (Å²) < 4.78 is 47.0. The number of sulfone groups is 1. The molecule has 0 atom stereocenters. The maximum atomic E-state index is 12.0. The Kier molecular flexibility index (Phi) is 5.33. The molecule has 0 radical (unpaired) electrons. The van der Waals surface area contributed by atoms with Crippen molar-refractivity contribution in [2.75, 3.05) is 17.9 Å². The molecule has 0 aromatic heterocycles. The second-order valence-electron chi connectivity index (χ2n) is 5.04. The third kappa shape index (κ3) is 6.31. The molecule has 0 rings (SSSR count). The topological polar surface area (TPSA) is 109 Å². The van der Waals surface area contributed by atoms with Gasteiger partial charge in [-0.3, -0.25) is 4.79 Å². The second-order valence-corrected chi connectivity index (χ2v) is 9.44. The van der Waals surface area contributed by atoms with Gasteiger partial charge in [0.15, 0.2) is 14.9 Å². The number of carboxylic acid groups (broad SMARTS) is 1. The summed E-state index contributed by atoms with van der Waals surface area (Å²) in [6, 6.07) is 0. The lowest BCUT2D eigenvalue weighted by molar-refractivity contribution is -0.137. The van der Waals surface area contributed by atoms with E-state index in [2.05, 4.69) is 0 Å². The first-order valence-electron chi connectivity index (χ1n) is 5.16. The van der Waals surface area contributed by atoms with E-state index in [1.807, 2.05) is 0 Å². The van der Waals surface area contributed by atoms with E-state index in [9.17, 15) is 21.6 Å². The fourth-order valence-electron chi connectivity index (χ4n) is 1.42. The highest BCUT2D eigenvalue weighted by molar-refractivity contribution is 8.06. The van der Waals surface area contributed by atoms with Crippen LogP contribution < -0.4 is 0 Å². The molecule has 0 spiro atoms. The van der Waals surface area contributed by atoms with Gasteiger partial charge in [-0.15, -0.1) is 0 Å². The number of carbonyl (C=O) groups is 1. The summed E-state index contributed by atoms with van der Waals surface area (Å²) in [4.78, 5) is 10.5. The minimum Gasteiger partial charge on any atom is -0.481 e. The van der Waals surface area contributed by atoms with Crippen LogP contribution in [0, 0.1) is 0 Å². The molecule has 0 heterocycles. The zero-order valence-electron chi connectivity index (χ0n) is 10.9. The Labute approximate surface area is 108 Å². The van der Waals surface area contributed by atoms with Crippen LogP contribution in [-0.2, 0) is 24.7 Å². The average molecular weight is 301 g/mol. The molecule has 7 nitrogen and oxygen atoms in total. The summed E-state index contributed by atoms with van der Waals surface area (Å²) in [6.07, 6.45) is 0.447. The predicted molar refractivity (Wildman–Crippen MR) is 67.3 cm³/mol. The normalized spacial score (nSPS) is 13.8. The molecule has 18 heavy (non-hydrogen) atoms. The number of sulfonamides is 1. The Morgan fingerprint density at radius 3 is 1.89 bits per heavy atom. The van der Waals surface area contributed by atoms with Crippen molar-refractivity contribution in [3.05, 3.63) is 0 Å². The van der Waals surface area contributed by atoms with Gasteiger partial charge in [0.25, 0.3) is 0 Å². The molecule has 108 valence electrons. The zero-order chi connectivity index (χ0) is 14.8. The smallest absolute Gasteiger partial charge is 0.304 e. The van der Waals surface area contributed by atoms with Crippen molar-refractivity contribution in [2.45, 2.75) is 32.7 Å². The number of aliphatic carboxylic acids is 1. The van der Waals surface area contributed by atoms with Crippen molar-refractivity contribution in [1.82, 2.24) is 4.31 Å². The van der Waals surface area contributed by atoms with Crippen LogP contribution in [0.3, 0.4) is 0 Å². The Balaban J connectivity index is 5.27. The highest BCUT2D eigenvalue weighted by Gasteiger charge is 2.34. The number of hydrogen-bond donors (Lipinski definition) is 1. The third-order valence-corrected chi connectivity index (χ3v) is 6.28. The summed E-state index contributed by atoms with van der Waals surface area (Å²) >= 11 is 0. The maximum absolute atomic E-state index is 12.0. The first-order valence-corrected chi connectivity index (χ1v) is 8.83. The number of carboxylic acids is 1. The maximum Gasteiger partial charge on any atom is 0.304 e. The molecule has 0 amide bonds. The van der Waals surface area contributed by atoms with Crippen LogP contribution in [0.4, 0.5) is 0 Å². The molecular formula is C9H19NO6S2. The summed E-state index contributed by atoms with van der Waals surface area (Å²) in [5.41, 5.74) is -0.876. The lowest BCUT2D eigenvalue weighted by atomic mass is 10.1. The van der Waals surface area contributed by atoms with Crippen LogP contribution in [0.5, 0.6) is 0 Å². The van der Waals surface area contributed by atoms with Crippen molar-refractivity contribution in [1.29, 1.82) is 0 Å². The first-order chi connectivity index (χ1) is 7.76. The highest BCUT2D eigenvalue weighted by atomic mass is 32.3. The quantitative estimate of drug-likeness (QED) is 0.733. The van der Waals surface area contributed by atoms with Crippen molar-refractivity contribution >= 4 is 25.8 Å². The fourth-order valence-corrected chi connectivity index (χ4v) is 5.30. The van der Waals surface area contributed by atoms with Crippen LogP contribution >= 0.6 is 0 Å². The van der Waals surface area contributed by atoms with Crippen LogP contribution in [0.2, 0.25) is 0 Å². The van der Waals surface area contributed by atoms with E-state index < -0.39 is 36.5 Å². The van der Waals surface area contributed by atoms with Gasteiger partial charge in [-0.2, -0.15) is 4.31 Å². The molecule has 0 aromatic rings. The molecule has 1 N–H and O–H groups in total. The van der Waals surface area contributed by atoms with Gasteiger partial charge in [-0.05, 0) is 20.8 Å². The molecule has 9 heteroatoms. The Bertz CT molecular complexity index is 500. The van der Waals surface area contributed by atoms with E-state index in [1.54, 1.807) is 20.8 Å². The molecule has 0 aromatic carbocycles. The minimum atomic E-state index is -4.05. The highest BCUT2D eigenvalue weighted by Crippen LogP contribution is 2.19. The lowest BCUT2D eigenvalue weighted by Crippen LogP contribution is -2.48. The Morgan fingerprint density at radius 2 is 1.61 bits per heavy atom. The van der Waals surface area contributed by atoms with E-state index in [1.165, 1.54) is 0 Å². The van der Waals surface area contributed by atoms with E-state index >= 15 is 0 Å². The Hall–Kier alpha value is -0.670. The summed E-state index contributed by atoms with van der Waals surface area (Å²) in [5.74, 6) is -1.14. The summed E-state index contributed by atoms with van der Waals surface area (Å²) in [5, 5.41) is 7.57. The van der Waals surface area contributed by atoms with Crippen molar-refractivity contribution < 1.29 is 26.7 Å². The molecule has 0 aliphatic carbocycles. The van der Waals surface area contributed by atoms with Gasteiger partial charge in [-0.1, -0.05) is 0 Å². The molecule has 0 bridgehead atoms. The van der Waals surface area contributed by atoms with E-state index in [0.717, 1.165) is 10.6 Å². The number of hydrogen-bond acceptors (Lipinski definition) is 5. The van der Waals surface area contributed by atoms with Crippen LogP contribution in [-0.4, -0.2) is 55.6 Å². The van der Waals surface area contributed by atoms with Crippen LogP contribution in [0.15, 0.2) is 0 Å². The van der Waals surface area contributed by atoms with E-state index in [-0.39, 0.29) is 13.0 Å². The number of rotatable bonds is 6. The van der Waals surface area contributed by atoms with Gasteiger partial charge in [0.2, 0.25) is 10.0 Å². The standard InChI is InChI=1S/C9H19NO6S2/c1-9(2,3)10(6-5-8(11)12)18(15,16)7-17(4,13)14/h5-7H2,1-4H3,(H,11,12). The van der Waals surface area contributed by atoms with Crippen molar-refractivity contribution in [2.24, 2.45) is 0 Å². The van der Waals surface area contributed by atoms with Crippen LogP contribution in [0.25, 0.3) is 0 Å². The molecule has 0 saturated carbocycles. The summed E-state index contributed by atoms with van der Waals surface area (Å²) in [6.45, 7) is 4.48. The van der Waals surface area contributed by atoms with E-state index in [0.29, 0.717) is 0 Å². The van der Waals surface area contributed by atoms with Crippen molar-refractivity contribution in [3.8, 4) is 0 Å². The lowest BCUT2D eigenvalue weighted by Gasteiger charge is -2.33. The molecule has 0 unspecified atom stereocenters. The zero-order valence-corrected chi connectivity index (χ0v) is 12.5. The third-order valence-electron chi connectivity index (χ3n) is 1.98. The van der Waals surface area contributed by atoms with Crippen molar-refractivity contribution in [3.63, 3.8) is 0 Å². The van der Waals surface area contributed by atoms with Gasteiger partial charge >= 0.3 is 5.97 Å². The van der Waals surface area contributed by atoms with Gasteiger partial charge < -0.3 is 5.11 Å². The molecule has 0 aliphatic rings. The largest absolute Gasteiger partial charge is 0.481 e. The van der Waals surface area contributed by atoms with Crippen LogP contribution in [0.1, 0.15) is 27.2 Å². The van der Waals surface area contributed by atoms with Gasteiger partial charge in [-0.25, -0.2) is 16.8 Å². The molecular weight excluding hydrogens is 282 g/mol. The SMILES string of the molecule is CC(C)(C)N(CCC(=O)O)S(=O)(=O)CS(C)(=O)=O. The molecule has 0 saturated heterocycles. The molecule has 0 fully saturated rings.